The molecule has 0 bridgehead atoms. The van der Waals surface area contributed by atoms with Crippen LogP contribution in [0.25, 0.3) is 0 Å². The van der Waals surface area contributed by atoms with Crippen LogP contribution in [-0.2, 0) is 11.2 Å². The van der Waals surface area contributed by atoms with Crippen LogP contribution >= 0.6 is 11.3 Å². The summed E-state index contributed by atoms with van der Waals surface area (Å²) in [5, 5.41) is 8.45. The first-order chi connectivity index (χ1) is 8.68. The van der Waals surface area contributed by atoms with Gasteiger partial charge in [0.15, 0.2) is 0 Å². The lowest BCUT2D eigenvalue weighted by molar-refractivity contribution is -0.122. The van der Waals surface area contributed by atoms with Crippen LogP contribution in [0.5, 0.6) is 0 Å². The maximum absolute atomic E-state index is 12.2. The van der Waals surface area contributed by atoms with Crippen molar-refractivity contribution in [2.24, 2.45) is 0 Å². The highest BCUT2D eigenvalue weighted by Gasteiger charge is 2.26. The fourth-order valence-electron chi connectivity index (χ4n) is 2.43. The van der Waals surface area contributed by atoms with E-state index in [-0.39, 0.29) is 11.8 Å². The molecule has 1 aromatic rings. The molecule has 0 radical (unpaired) electrons. The van der Waals surface area contributed by atoms with E-state index in [1.165, 1.54) is 10.4 Å². The minimum absolute atomic E-state index is 0.0825. The van der Waals surface area contributed by atoms with Crippen LogP contribution in [0.4, 0.5) is 0 Å². The molecule has 4 heteroatoms. The van der Waals surface area contributed by atoms with Gasteiger partial charge in [-0.1, -0.05) is 13.8 Å². The van der Waals surface area contributed by atoms with Gasteiger partial charge in [0.05, 0.1) is 5.92 Å². The number of carbonyl (C=O) groups is 1. The van der Waals surface area contributed by atoms with Crippen LogP contribution in [0.3, 0.4) is 0 Å². The summed E-state index contributed by atoms with van der Waals surface area (Å²) in [4.78, 5) is 13.6. The van der Waals surface area contributed by atoms with Crippen molar-refractivity contribution in [2.75, 3.05) is 13.1 Å². The van der Waals surface area contributed by atoms with E-state index in [0.717, 1.165) is 25.8 Å². The number of hydrogen-bond donors (Lipinski definition) is 2. The maximum atomic E-state index is 12.2. The predicted molar refractivity (Wildman–Crippen MR) is 76.1 cm³/mol. The molecule has 3 nitrogen and oxygen atoms in total. The SMILES string of the molecule is CC(C)NCCNC(=O)C1CCCc2sccc21. The Morgan fingerprint density at radius 3 is 3.11 bits per heavy atom. The molecular weight excluding hydrogens is 244 g/mol. The highest BCUT2D eigenvalue weighted by Crippen LogP contribution is 2.34. The molecule has 0 aliphatic heterocycles. The molecule has 100 valence electrons. The van der Waals surface area contributed by atoms with Crippen molar-refractivity contribution in [1.29, 1.82) is 0 Å². The molecule has 1 aliphatic carbocycles. The zero-order valence-corrected chi connectivity index (χ0v) is 12.0. The highest BCUT2D eigenvalue weighted by molar-refractivity contribution is 7.10. The van der Waals surface area contributed by atoms with Gasteiger partial charge in [-0.15, -0.1) is 11.3 Å². The molecule has 1 atom stereocenters. The van der Waals surface area contributed by atoms with Gasteiger partial charge in [-0.3, -0.25) is 4.79 Å². The van der Waals surface area contributed by atoms with E-state index in [0.29, 0.717) is 12.6 Å². The average Bonchev–Trinajstić information content (AvgIpc) is 2.82. The molecule has 1 aliphatic rings. The number of nitrogens with one attached hydrogen (secondary N) is 2. The summed E-state index contributed by atoms with van der Waals surface area (Å²) in [6.45, 7) is 5.78. The van der Waals surface area contributed by atoms with Crippen molar-refractivity contribution in [3.63, 3.8) is 0 Å². The van der Waals surface area contributed by atoms with Crippen molar-refractivity contribution >= 4 is 17.2 Å². The monoisotopic (exact) mass is 266 g/mol. The summed E-state index contributed by atoms with van der Waals surface area (Å²) in [6, 6.07) is 2.59. The Kier molecular flexibility index (Phi) is 4.78. The summed E-state index contributed by atoms with van der Waals surface area (Å²) in [5.41, 5.74) is 1.26. The van der Waals surface area contributed by atoms with Crippen molar-refractivity contribution in [3.8, 4) is 0 Å². The fourth-order valence-corrected chi connectivity index (χ4v) is 3.42. The number of thiophene rings is 1. The zero-order valence-electron chi connectivity index (χ0n) is 11.2. The van der Waals surface area contributed by atoms with Crippen molar-refractivity contribution in [2.45, 2.75) is 45.1 Å². The first-order valence-corrected chi connectivity index (χ1v) is 7.64. The van der Waals surface area contributed by atoms with Crippen molar-refractivity contribution in [1.82, 2.24) is 10.6 Å². The summed E-state index contributed by atoms with van der Waals surface area (Å²) >= 11 is 1.79. The van der Waals surface area contributed by atoms with Crippen LogP contribution in [0.15, 0.2) is 11.4 Å². The smallest absolute Gasteiger partial charge is 0.227 e. The molecule has 0 aromatic carbocycles. The number of aryl methyl sites for hydroxylation is 1. The van der Waals surface area contributed by atoms with Crippen molar-refractivity contribution < 1.29 is 4.79 Å². The van der Waals surface area contributed by atoms with Gasteiger partial charge in [-0.05, 0) is 36.3 Å². The zero-order chi connectivity index (χ0) is 13.0. The molecule has 0 saturated heterocycles. The van der Waals surface area contributed by atoms with Crippen LogP contribution in [-0.4, -0.2) is 25.0 Å². The molecule has 1 unspecified atom stereocenters. The Balaban J connectivity index is 1.84. The predicted octanol–water partition coefficient (Wildman–Crippen LogP) is 2.28. The first-order valence-electron chi connectivity index (χ1n) is 6.76. The van der Waals surface area contributed by atoms with E-state index in [1.807, 2.05) is 0 Å². The molecule has 0 fully saturated rings. The van der Waals surface area contributed by atoms with Gasteiger partial charge in [0.1, 0.15) is 0 Å². The van der Waals surface area contributed by atoms with E-state index >= 15 is 0 Å². The fraction of sp³-hybridized carbons (Fsp3) is 0.643. The highest BCUT2D eigenvalue weighted by atomic mass is 32.1. The minimum Gasteiger partial charge on any atom is -0.354 e. The van der Waals surface area contributed by atoms with Gasteiger partial charge in [0.2, 0.25) is 5.91 Å². The number of fused-ring (bicyclic) bond motifs is 1. The number of rotatable bonds is 5. The largest absolute Gasteiger partial charge is 0.354 e. The van der Waals surface area contributed by atoms with Gasteiger partial charge >= 0.3 is 0 Å². The van der Waals surface area contributed by atoms with E-state index < -0.39 is 0 Å². The molecule has 0 saturated carbocycles. The Bertz CT molecular complexity index is 400. The Morgan fingerprint density at radius 2 is 2.33 bits per heavy atom. The van der Waals surface area contributed by atoms with Crippen molar-refractivity contribution in [3.05, 3.63) is 21.9 Å². The summed E-state index contributed by atoms with van der Waals surface area (Å²) < 4.78 is 0. The number of carbonyl (C=O) groups excluding carboxylic acids is 1. The first kappa shape index (κ1) is 13.6. The van der Waals surface area contributed by atoms with E-state index in [2.05, 4.69) is 35.9 Å². The molecule has 0 spiro atoms. The van der Waals surface area contributed by atoms with Crippen LogP contribution in [0.2, 0.25) is 0 Å². The van der Waals surface area contributed by atoms with Gasteiger partial charge in [0, 0.05) is 24.0 Å². The molecular formula is C14H22N2OS. The van der Waals surface area contributed by atoms with E-state index in [9.17, 15) is 4.79 Å². The van der Waals surface area contributed by atoms with E-state index in [1.54, 1.807) is 11.3 Å². The van der Waals surface area contributed by atoms with Crippen LogP contribution < -0.4 is 10.6 Å². The minimum atomic E-state index is 0.0825. The maximum Gasteiger partial charge on any atom is 0.227 e. The third kappa shape index (κ3) is 3.33. The van der Waals surface area contributed by atoms with Gasteiger partial charge < -0.3 is 10.6 Å². The second-order valence-electron chi connectivity index (χ2n) is 5.14. The second-order valence-corrected chi connectivity index (χ2v) is 6.14. The molecule has 1 heterocycles. The van der Waals surface area contributed by atoms with Crippen LogP contribution in [0.1, 0.15) is 43.0 Å². The Morgan fingerprint density at radius 1 is 1.50 bits per heavy atom. The average molecular weight is 266 g/mol. The molecule has 1 amide bonds. The van der Waals surface area contributed by atoms with Gasteiger partial charge in [0.25, 0.3) is 0 Å². The lowest BCUT2D eigenvalue weighted by atomic mass is 9.87. The Hall–Kier alpha value is -0.870. The molecule has 1 aromatic heterocycles. The topological polar surface area (TPSA) is 41.1 Å². The summed E-state index contributed by atoms with van der Waals surface area (Å²) in [6.07, 6.45) is 3.27. The Labute approximate surface area is 113 Å². The quantitative estimate of drug-likeness (QED) is 0.803. The lowest BCUT2D eigenvalue weighted by Gasteiger charge is -2.22. The second kappa shape index (κ2) is 6.34. The van der Waals surface area contributed by atoms with Gasteiger partial charge in [-0.25, -0.2) is 0 Å². The number of amides is 1. The summed E-state index contributed by atoms with van der Waals surface area (Å²) in [5.74, 6) is 0.277. The normalized spacial score (nSPS) is 18.7. The molecule has 2 N–H and O–H groups in total. The standard InChI is InChI=1S/C14H22N2OS/c1-10(2)15-7-8-16-14(17)12-4-3-5-13-11(12)6-9-18-13/h6,9-10,12,15H,3-5,7-8H2,1-2H3,(H,16,17). The third-order valence-corrected chi connectivity index (χ3v) is 4.34. The van der Waals surface area contributed by atoms with E-state index in [4.69, 9.17) is 0 Å². The summed E-state index contributed by atoms with van der Waals surface area (Å²) in [7, 11) is 0. The molecule has 2 rings (SSSR count). The van der Waals surface area contributed by atoms with Crippen LogP contribution in [0, 0.1) is 0 Å². The lowest BCUT2D eigenvalue weighted by Crippen LogP contribution is -2.37. The molecule has 18 heavy (non-hydrogen) atoms. The number of hydrogen-bond acceptors (Lipinski definition) is 3. The third-order valence-electron chi connectivity index (χ3n) is 3.35. The van der Waals surface area contributed by atoms with Gasteiger partial charge in [-0.2, -0.15) is 0 Å².